The van der Waals surface area contributed by atoms with Crippen molar-refractivity contribution in [3.63, 3.8) is 0 Å². The van der Waals surface area contributed by atoms with Crippen LogP contribution in [0.1, 0.15) is 37.0 Å². The largest absolute Gasteiger partial charge is 0.495 e. The van der Waals surface area contributed by atoms with Crippen molar-refractivity contribution in [2.24, 2.45) is 0 Å². The molecule has 0 aliphatic carbocycles. The number of benzene rings is 4. The second-order valence-electron chi connectivity index (χ2n) is 11.2. The molecule has 1 N–H and O–H groups in total. The van der Waals surface area contributed by atoms with Gasteiger partial charge in [-0.05, 0) is 67.8 Å². The maximum Gasteiger partial charge on any atom is 0.264 e. The average Bonchev–Trinajstić information content (AvgIpc) is 3.06. The molecular weight excluding hydrogens is 622 g/mol. The number of para-hydroxylation sites is 2. The summed E-state index contributed by atoms with van der Waals surface area (Å²) in [5.41, 5.74) is 2.69. The van der Waals surface area contributed by atoms with E-state index in [0.29, 0.717) is 11.4 Å². The molecule has 0 fully saturated rings. The number of carbonyl (C=O) groups is 2. The summed E-state index contributed by atoms with van der Waals surface area (Å²) in [6, 6.07) is 28.5. The summed E-state index contributed by atoms with van der Waals surface area (Å²) in [6.07, 6.45) is 0.924. The van der Waals surface area contributed by atoms with Crippen molar-refractivity contribution in [2.75, 3.05) is 18.0 Å². The lowest BCUT2D eigenvalue weighted by atomic mass is 10.0. The number of rotatable bonds is 14. The zero-order valence-electron chi connectivity index (χ0n) is 26.5. The van der Waals surface area contributed by atoms with E-state index in [9.17, 15) is 18.0 Å². The molecule has 0 radical (unpaired) electrons. The van der Waals surface area contributed by atoms with Gasteiger partial charge in [0.15, 0.2) is 0 Å². The summed E-state index contributed by atoms with van der Waals surface area (Å²) < 4.78 is 35.1. The highest BCUT2D eigenvalue weighted by Gasteiger charge is 2.35. The molecule has 0 spiro atoms. The summed E-state index contributed by atoms with van der Waals surface area (Å²) in [6.45, 7) is 5.21. The number of hydrogen-bond acceptors (Lipinski definition) is 5. The molecule has 10 heteroatoms. The highest BCUT2D eigenvalue weighted by atomic mass is 35.5. The number of ether oxygens (including phenoxy) is 1. The number of methoxy groups -OCH3 is 1. The van der Waals surface area contributed by atoms with Gasteiger partial charge in [-0.25, -0.2) is 8.42 Å². The molecular formula is C36H40ClN3O5S. The Bertz CT molecular complexity index is 1720. The molecule has 0 aromatic heterocycles. The Hall–Kier alpha value is -4.34. The Labute approximate surface area is 277 Å². The molecule has 4 aromatic rings. The molecule has 0 bridgehead atoms. The third kappa shape index (κ3) is 8.68. The van der Waals surface area contributed by atoms with Gasteiger partial charge in [-0.1, -0.05) is 90.8 Å². The minimum absolute atomic E-state index is 0.0245. The van der Waals surface area contributed by atoms with E-state index in [-0.39, 0.29) is 41.2 Å². The SMILES string of the molecule is CC[C@H](C)NC(=O)[C@@H](Cc1ccccc1)N(Cc1ccc(Cl)cc1)C(=O)CN(c1ccccc1OC)S(=O)(=O)c1ccc(C)cc1. The van der Waals surface area contributed by atoms with Crippen LogP contribution >= 0.6 is 11.6 Å². The number of nitrogens with zero attached hydrogens (tertiary/aromatic N) is 2. The third-order valence-corrected chi connectivity index (χ3v) is 9.81. The number of nitrogens with one attached hydrogen (secondary N) is 1. The van der Waals surface area contributed by atoms with E-state index in [4.69, 9.17) is 16.3 Å². The van der Waals surface area contributed by atoms with Crippen LogP contribution < -0.4 is 14.4 Å². The smallest absolute Gasteiger partial charge is 0.264 e. The van der Waals surface area contributed by atoms with Crippen LogP contribution in [0.2, 0.25) is 5.02 Å². The van der Waals surface area contributed by atoms with Crippen LogP contribution in [0.15, 0.2) is 108 Å². The minimum Gasteiger partial charge on any atom is -0.495 e. The highest BCUT2D eigenvalue weighted by Crippen LogP contribution is 2.33. The van der Waals surface area contributed by atoms with Crippen LogP contribution in [-0.2, 0) is 32.6 Å². The van der Waals surface area contributed by atoms with Gasteiger partial charge in [-0.3, -0.25) is 13.9 Å². The van der Waals surface area contributed by atoms with Crippen molar-refractivity contribution in [1.82, 2.24) is 10.2 Å². The zero-order valence-corrected chi connectivity index (χ0v) is 28.1. The maximum absolute atomic E-state index is 14.6. The van der Waals surface area contributed by atoms with Gasteiger partial charge >= 0.3 is 0 Å². The number of aryl methyl sites for hydroxylation is 1. The van der Waals surface area contributed by atoms with Crippen molar-refractivity contribution in [2.45, 2.75) is 57.1 Å². The van der Waals surface area contributed by atoms with Gasteiger partial charge in [0.05, 0.1) is 17.7 Å². The van der Waals surface area contributed by atoms with Crippen LogP contribution in [0.25, 0.3) is 0 Å². The monoisotopic (exact) mass is 661 g/mol. The molecule has 0 unspecified atom stereocenters. The van der Waals surface area contributed by atoms with Crippen molar-refractivity contribution >= 4 is 39.1 Å². The second kappa shape index (κ2) is 15.8. The fourth-order valence-corrected chi connectivity index (χ4v) is 6.52. The van der Waals surface area contributed by atoms with Crippen LogP contribution in [0, 0.1) is 6.92 Å². The molecule has 0 aliphatic heterocycles. The van der Waals surface area contributed by atoms with Gasteiger partial charge in [0.1, 0.15) is 18.3 Å². The predicted molar refractivity (Wildman–Crippen MR) is 183 cm³/mol. The lowest BCUT2D eigenvalue weighted by Gasteiger charge is -2.34. The Morgan fingerprint density at radius 3 is 2.13 bits per heavy atom. The predicted octanol–water partition coefficient (Wildman–Crippen LogP) is 6.41. The van der Waals surface area contributed by atoms with E-state index in [2.05, 4.69) is 5.32 Å². The topological polar surface area (TPSA) is 96.0 Å². The van der Waals surface area contributed by atoms with Crippen LogP contribution in [0.4, 0.5) is 5.69 Å². The van der Waals surface area contributed by atoms with Crippen molar-refractivity contribution < 1.29 is 22.7 Å². The summed E-state index contributed by atoms with van der Waals surface area (Å²) in [4.78, 5) is 30.0. The van der Waals surface area contributed by atoms with Gasteiger partial charge in [0.2, 0.25) is 11.8 Å². The molecule has 4 rings (SSSR count). The van der Waals surface area contributed by atoms with E-state index >= 15 is 0 Å². The van der Waals surface area contributed by atoms with Gasteiger partial charge in [-0.15, -0.1) is 0 Å². The average molecular weight is 662 g/mol. The second-order valence-corrected chi connectivity index (χ2v) is 13.5. The fraction of sp³-hybridized carbons (Fsp3) is 0.278. The Morgan fingerprint density at radius 2 is 1.50 bits per heavy atom. The highest BCUT2D eigenvalue weighted by molar-refractivity contribution is 7.92. The van der Waals surface area contributed by atoms with E-state index in [1.165, 1.54) is 24.1 Å². The molecule has 0 saturated carbocycles. The van der Waals surface area contributed by atoms with Gasteiger partial charge in [0.25, 0.3) is 10.0 Å². The van der Waals surface area contributed by atoms with Gasteiger partial charge in [-0.2, -0.15) is 0 Å². The van der Waals surface area contributed by atoms with Crippen LogP contribution in [-0.4, -0.2) is 50.9 Å². The third-order valence-electron chi connectivity index (χ3n) is 7.78. The molecule has 0 saturated heterocycles. The lowest BCUT2D eigenvalue weighted by molar-refractivity contribution is -0.140. The van der Waals surface area contributed by atoms with Crippen LogP contribution in [0.5, 0.6) is 5.75 Å². The number of carbonyl (C=O) groups excluding carboxylic acids is 2. The molecule has 8 nitrogen and oxygen atoms in total. The molecule has 46 heavy (non-hydrogen) atoms. The first kappa shape index (κ1) is 34.5. The Balaban J connectivity index is 1.83. The minimum atomic E-state index is -4.25. The molecule has 0 heterocycles. The Morgan fingerprint density at radius 1 is 0.870 bits per heavy atom. The summed E-state index contributed by atoms with van der Waals surface area (Å²) in [5, 5.41) is 3.57. The number of hydrogen-bond donors (Lipinski definition) is 1. The van der Waals surface area contributed by atoms with E-state index in [1.54, 1.807) is 60.7 Å². The van der Waals surface area contributed by atoms with Crippen LogP contribution in [0.3, 0.4) is 0 Å². The Kier molecular flexibility index (Phi) is 11.8. The molecule has 2 amide bonds. The summed E-state index contributed by atoms with van der Waals surface area (Å²) in [7, 11) is -2.81. The van der Waals surface area contributed by atoms with Gasteiger partial charge < -0.3 is 15.0 Å². The maximum atomic E-state index is 14.6. The quantitative estimate of drug-likeness (QED) is 0.169. The fourth-order valence-electron chi connectivity index (χ4n) is 4.97. The zero-order chi connectivity index (χ0) is 33.3. The van der Waals surface area contributed by atoms with Gasteiger partial charge in [0, 0.05) is 24.0 Å². The molecule has 2 atom stereocenters. The molecule has 242 valence electrons. The number of anilines is 1. The van der Waals surface area contributed by atoms with Crippen molar-refractivity contribution in [3.8, 4) is 5.75 Å². The van der Waals surface area contributed by atoms with E-state index < -0.39 is 28.5 Å². The normalized spacial score (nSPS) is 12.5. The summed E-state index contributed by atoms with van der Waals surface area (Å²) in [5.74, 6) is -0.604. The first-order chi connectivity index (χ1) is 22.0. The molecule has 4 aromatic carbocycles. The van der Waals surface area contributed by atoms with E-state index in [1.807, 2.05) is 51.1 Å². The first-order valence-electron chi connectivity index (χ1n) is 15.1. The number of halogens is 1. The lowest BCUT2D eigenvalue weighted by Crippen LogP contribution is -2.54. The molecule has 0 aliphatic rings. The first-order valence-corrected chi connectivity index (χ1v) is 17.0. The number of amides is 2. The van der Waals surface area contributed by atoms with Crippen molar-refractivity contribution in [3.05, 3.63) is 125 Å². The number of sulfonamides is 1. The van der Waals surface area contributed by atoms with E-state index in [0.717, 1.165) is 21.0 Å². The summed E-state index contributed by atoms with van der Waals surface area (Å²) >= 11 is 6.16. The van der Waals surface area contributed by atoms with Crippen molar-refractivity contribution in [1.29, 1.82) is 0 Å². The standard InChI is InChI=1S/C36H40ClN3O5S/c1-5-27(3)38-36(42)33(23-28-11-7-6-8-12-28)39(24-29-17-19-30(37)20-18-29)35(41)25-40(32-13-9-10-14-34(32)45-4)46(43,44)31-21-15-26(2)16-22-31/h6-22,27,33H,5,23-25H2,1-4H3,(H,38,42)/t27-,33+/m0/s1.